The maximum atomic E-state index is 14.4. The monoisotopic (exact) mass is 985 g/mol. The van der Waals surface area contributed by atoms with E-state index in [9.17, 15) is 27.9 Å². The number of halogens is 1. The molecule has 3 aliphatic heterocycles. The van der Waals surface area contributed by atoms with Crippen LogP contribution in [0, 0.1) is 15.5 Å². The summed E-state index contributed by atoms with van der Waals surface area (Å²) in [4.78, 5) is 40.2. The Kier molecular flexibility index (Phi) is 13.6. The average molecular weight is 987 g/mol. The second kappa shape index (κ2) is 19.5. The summed E-state index contributed by atoms with van der Waals surface area (Å²) in [6.07, 6.45) is 6.26. The van der Waals surface area contributed by atoms with Gasteiger partial charge >= 0.3 is 0 Å². The molecule has 4 aliphatic rings. The number of sulfonamides is 1. The normalized spacial score (nSPS) is 20.4. The van der Waals surface area contributed by atoms with Gasteiger partial charge in [-0.15, -0.1) is 0 Å². The first-order chi connectivity index (χ1) is 32.5. The molecule has 0 saturated carbocycles. The lowest BCUT2D eigenvalue weighted by molar-refractivity contribution is -0.384. The number of carbonyl (C=O) groups excluding carboxylic acids is 1. The number of hydrogen-bond acceptors (Lipinski definition) is 13. The van der Waals surface area contributed by atoms with Crippen molar-refractivity contribution in [3.8, 4) is 5.88 Å². The summed E-state index contributed by atoms with van der Waals surface area (Å²) in [6.45, 7) is 12.5. The molecule has 2 aromatic heterocycles. The number of piperazine rings is 1. The molecule has 0 spiro atoms. The number of H-pyrrole nitrogens is 1. The zero-order valence-corrected chi connectivity index (χ0v) is 41.0. The highest BCUT2D eigenvalue weighted by Gasteiger charge is 2.33. The summed E-state index contributed by atoms with van der Waals surface area (Å²) >= 11 is 6.27. The molecule has 0 radical (unpaired) electrons. The first kappa shape index (κ1) is 47.6. The molecule has 2 saturated heterocycles. The summed E-state index contributed by atoms with van der Waals surface area (Å²) in [7, 11) is -7.60. The molecule has 9 rings (SSSR count). The molecule has 20 heteroatoms. The Hall–Kier alpha value is -5.49. The van der Waals surface area contributed by atoms with Gasteiger partial charge in [-0.05, 0) is 103 Å². The van der Waals surface area contributed by atoms with E-state index in [0.717, 1.165) is 74.1 Å². The van der Waals surface area contributed by atoms with Crippen molar-refractivity contribution in [2.75, 3.05) is 93.9 Å². The average Bonchev–Trinajstić information content (AvgIpc) is 3.67. The minimum atomic E-state index is -4.63. The maximum Gasteiger partial charge on any atom is 0.293 e. The van der Waals surface area contributed by atoms with Gasteiger partial charge in [-0.1, -0.05) is 43.2 Å². The van der Waals surface area contributed by atoms with E-state index in [0.29, 0.717) is 68.6 Å². The van der Waals surface area contributed by atoms with Gasteiger partial charge in [-0.2, -0.15) is 4.98 Å². The third kappa shape index (κ3) is 10.4. The number of nitrogens with zero attached hydrogens (tertiary/aromatic N) is 6. The van der Waals surface area contributed by atoms with E-state index in [4.69, 9.17) is 25.8 Å². The Morgan fingerprint density at radius 1 is 0.971 bits per heavy atom. The summed E-state index contributed by atoms with van der Waals surface area (Å²) in [5, 5.41) is 16.8. The number of benzene rings is 3. The number of aromatic amines is 1. The van der Waals surface area contributed by atoms with Gasteiger partial charge in [0.25, 0.3) is 29.1 Å². The smallest absolute Gasteiger partial charge is 0.293 e. The van der Waals surface area contributed by atoms with Crippen molar-refractivity contribution < 1.29 is 32.0 Å². The standard InChI is InChI=1S/C48H57ClN9O8PS/c1-48(2)16-14-35(40(31-48)33-6-8-36(49)9-7-33)32-54-22-24-55(25-23-54)37-10-12-39(42(29-37)57-20-5-26-65-47-44(57)28-34-15-17-51-45(34)52-47)46(59)53-68(63,64)38-11-13-41(43(30-38)58(60)61)50-18-21-56-19-4-27-66-67(56,3)62/h6-13,15,17,28-30,50H,4-5,14,16,18-27,31-32H2,1-3H3,(H,51,52)(H,53,59). The van der Waals surface area contributed by atoms with Gasteiger partial charge in [-0.3, -0.25) is 24.4 Å². The van der Waals surface area contributed by atoms with Gasteiger partial charge in [0.15, 0.2) is 0 Å². The fourth-order valence-corrected chi connectivity index (χ4v) is 12.3. The van der Waals surface area contributed by atoms with Crippen molar-refractivity contribution in [3.05, 3.63) is 111 Å². The van der Waals surface area contributed by atoms with Crippen molar-refractivity contribution in [2.45, 2.75) is 50.8 Å². The third-order valence-electron chi connectivity index (χ3n) is 13.4. The number of ether oxygens (including phenoxy) is 1. The van der Waals surface area contributed by atoms with Crippen LogP contribution in [0.1, 0.15) is 61.9 Å². The molecule has 5 heterocycles. The zero-order chi connectivity index (χ0) is 47.8. The topological polar surface area (TPSA) is 196 Å². The van der Waals surface area contributed by atoms with Crippen molar-refractivity contribution in [1.29, 1.82) is 0 Å². The Bertz CT molecular complexity index is 2920. The number of hydrogen-bond donors (Lipinski definition) is 3. The molecular formula is C48H57ClN9O8PS. The van der Waals surface area contributed by atoms with Crippen LogP contribution in [0.5, 0.6) is 5.88 Å². The Labute approximate surface area is 401 Å². The molecule has 1 unspecified atom stereocenters. The Morgan fingerprint density at radius 3 is 2.51 bits per heavy atom. The Balaban J connectivity index is 0.972. The number of aromatic nitrogens is 2. The number of allylic oxidation sites excluding steroid dienone is 1. The lowest BCUT2D eigenvalue weighted by Gasteiger charge is -2.39. The number of nitro benzene ring substituents is 1. The number of anilines is 4. The van der Waals surface area contributed by atoms with Crippen LogP contribution in [0.4, 0.5) is 28.4 Å². The first-order valence-corrected chi connectivity index (χ1v) is 27.0. The van der Waals surface area contributed by atoms with Crippen LogP contribution >= 0.6 is 19.1 Å². The summed E-state index contributed by atoms with van der Waals surface area (Å²) in [5.74, 6) is -0.528. The maximum absolute atomic E-state index is 14.4. The van der Waals surface area contributed by atoms with E-state index in [-0.39, 0.29) is 23.2 Å². The predicted octanol–water partition coefficient (Wildman–Crippen LogP) is 8.91. The summed E-state index contributed by atoms with van der Waals surface area (Å²) < 4.78 is 56.3. The van der Waals surface area contributed by atoms with Crippen LogP contribution in [0.3, 0.4) is 0 Å². The van der Waals surface area contributed by atoms with Crippen LogP contribution < -0.4 is 24.6 Å². The molecule has 68 heavy (non-hydrogen) atoms. The molecule has 1 amide bonds. The largest absolute Gasteiger partial charge is 0.476 e. The van der Waals surface area contributed by atoms with E-state index in [1.807, 2.05) is 41.3 Å². The van der Waals surface area contributed by atoms with Crippen molar-refractivity contribution >= 4 is 80.1 Å². The van der Waals surface area contributed by atoms with E-state index >= 15 is 0 Å². The van der Waals surface area contributed by atoms with Gasteiger partial charge in [0.05, 0.1) is 34.3 Å². The number of amides is 1. The van der Waals surface area contributed by atoms with Gasteiger partial charge in [0.2, 0.25) is 5.88 Å². The second-order valence-corrected chi connectivity index (χ2v) is 23.3. The molecule has 17 nitrogen and oxygen atoms in total. The molecular weight excluding hydrogens is 929 g/mol. The number of nitro groups is 1. The lowest BCUT2D eigenvalue weighted by atomic mass is 9.72. The van der Waals surface area contributed by atoms with Crippen molar-refractivity contribution in [1.82, 2.24) is 24.3 Å². The number of nitrogens with one attached hydrogen (secondary N) is 3. The van der Waals surface area contributed by atoms with E-state index in [1.54, 1.807) is 16.9 Å². The lowest BCUT2D eigenvalue weighted by Crippen LogP contribution is -2.47. The highest BCUT2D eigenvalue weighted by atomic mass is 35.5. The SMILES string of the molecule is CC1(C)CCC(CN2CCN(c3ccc(C(=O)NS(=O)(=O)c4ccc(NCCN5CCCOP5(C)=O)c([N+](=O)[O-])c4)c(N4CCCOc5nc6[nH]ccc6cc54)c3)CC2)=C(c2ccc(Cl)cc2)C1. The molecule has 1 atom stereocenters. The van der Waals surface area contributed by atoms with Crippen molar-refractivity contribution in [3.63, 3.8) is 0 Å². The number of carbonyl (C=O) groups is 1. The number of pyridine rings is 1. The van der Waals surface area contributed by atoms with Gasteiger partial charge in [-0.25, -0.2) is 17.8 Å². The quantitative estimate of drug-likeness (QED) is 0.0575. The van der Waals surface area contributed by atoms with E-state index in [2.05, 4.69) is 50.8 Å². The summed E-state index contributed by atoms with van der Waals surface area (Å²) in [5.41, 5.74) is 6.59. The fraction of sp³-hybridized carbons (Fsp3) is 0.417. The van der Waals surface area contributed by atoms with Gasteiger partial charge in [0.1, 0.15) is 17.0 Å². The molecule has 3 N–H and O–H groups in total. The zero-order valence-electron chi connectivity index (χ0n) is 38.5. The van der Waals surface area contributed by atoms with Gasteiger partial charge < -0.3 is 29.4 Å². The molecule has 0 bridgehead atoms. The molecule has 3 aromatic carbocycles. The number of fused-ring (bicyclic) bond motifs is 2. The third-order valence-corrected chi connectivity index (χ3v) is 17.0. The summed E-state index contributed by atoms with van der Waals surface area (Å²) in [6, 6.07) is 20.9. The minimum absolute atomic E-state index is 0.0767. The van der Waals surface area contributed by atoms with Crippen LogP contribution in [0.15, 0.2) is 89.5 Å². The molecule has 360 valence electrons. The second-order valence-electron chi connectivity index (χ2n) is 18.7. The predicted molar refractivity (Wildman–Crippen MR) is 266 cm³/mol. The highest BCUT2D eigenvalue weighted by molar-refractivity contribution is 7.90. The van der Waals surface area contributed by atoms with Gasteiger partial charge in [0, 0.05) is 93.9 Å². The Morgan fingerprint density at radius 2 is 1.75 bits per heavy atom. The fourth-order valence-electron chi connectivity index (χ4n) is 9.62. The van der Waals surface area contributed by atoms with Crippen LogP contribution in [0.2, 0.25) is 5.02 Å². The van der Waals surface area contributed by atoms with Crippen LogP contribution in [-0.2, 0) is 19.1 Å². The minimum Gasteiger partial charge on any atom is -0.476 e. The van der Waals surface area contributed by atoms with Crippen LogP contribution in [0.25, 0.3) is 16.6 Å². The van der Waals surface area contributed by atoms with Crippen molar-refractivity contribution in [2.24, 2.45) is 5.41 Å². The first-order valence-electron chi connectivity index (χ1n) is 23.1. The van der Waals surface area contributed by atoms with E-state index < -0.39 is 39.0 Å². The molecule has 2 fully saturated rings. The van der Waals surface area contributed by atoms with E-state index in [1.165, 1.54) is 35.5 Å². The molecule has 5 aromatic rings. The highest BCUT2D eigenvalue weighted by Crippen LogP contribution is 2.49. The van der Waals surface area contributed by atoms with Crippen LogP contribution in [-0.4, -0.2) is 118 Å². The molecule has 1 aliphatic carbocycles. The number of rotatable bonds is 13.